The van der Waals surface area contributed by atoms with Crippen molar-refractivity contribution in [3.63, 3.8) is 0 Å². The van der Waals surface area contributed by atoms with Crippen molar-refractivity contribution in [1.29, 1.82) is 0 Å². The number of benzene rings is 2. The Bertz CT molecular complexity index is 919. The van der Waals surface area contributed by atoms with Gasteiger partial charge in [-0.1, -0.05) is 32.1 Å². The summed E-state index contributed by atoms with van der Waals surface area (Å²) in [5.41, 5.74) is 2.99. The van der Waals surface area contributed by atoms with Crippen molar-refractivity contribution in [2.45, 2.75) is 27.7 Å². The molecule has 0 aliphatic carbocycles. The van der Waals surface area contributed by atoms with Crippen LogP contribution in [0.25, 0.3) is 6.08 Å². The maximum Gasteiger partial charge on any atom is 0.262 e. The van der Waals surface area contributed by atoms with Gasteiger partial charge in [0.2, 0.25) is 0 Å². The Kier molecular flexibility index (Phi) is 8.47. The second-order valence-electron chi connectivity index (χ2n) is 7.38. The minimum absolute atomic E-state index is 0.124. The molecule has 0 fully saturated rings. The van der Waals surface area contributed by atoms with Crippen LogP contribution in [-0.2, 0) is 4.79 Å². The molecule has 2 rings (SSSR count). The van der Waals surface area contributed by atoms with Crippen LogP contribution in [-0.4, -0.2) is 32.1 Å². The van der Waals surface area contributed by atoms with E-state index in [1.165, 1.54) is 0 Å². The van der Waals surface area contributed by atoms with Crippen LogP contribution in [0, 0.1) is 12.8 Å². The van der Waals surface area contributed by atoms with Crippen LogP contribution < -0.4 is 20.1 Å². The zero-order valence-electron chi connectivity index (χ0n) is 18.2. The van der Waals surface area contributed by atoms with E-state index in [2.05, 4.69) is 10.6 Å². The molecule has 0 atom stereocenters. The third kappa shape index (κ3) is 6.65. The van der Waals surface area contributed by atoms with Crippen molar-refractivity contribution < 1.29 is 19.1 Å². The lowest BCUT2D eigenvalue weighted by Gasteiger charge is -2.13. The molecule has 0 unspecified atom stereocenters. The SMILES string of the molecule is C/C=C/c1ccc(OCC(=O)Nc2ccc(C(=O)NCC(C)C)cc2C)c(OC)c1. The van der Waals surface area contributed by atoms with Gasteiger partial charge in [0, 0.05) is 17.8 Å². The number of nitrogens with one attached hydrogen (secondary N) is 2. The highest BCUT2D eigenvalue weighted by atomic mass is 16.5. The van der Waals surface area contributed by atoms with E-state index in [4.69, 9.17) is 9.47 Å². The van der Waals surface area contributed by atoms with Crippen LogP contribution >= 0.6 is 0 Å². The van der Waals surface area contributed by atoms with Crippen molar-refractivity contribution in [3.05, 3.63) is 59.2 Å². The van der Waals surface area contributed by atoms with Gasteiger partial charge in [0.25, 0.3) is 11.8 Å². The van der Waals surface area contributed by atoms with E-state index in [-0.39, 0.29) is 18.4 Å². The number of hydrogen-bond donors (Lipinski definition) is 2. The molecule has 6 nitrogen and oxygen atoms in total. The van der Waals surface area contributed by atoms with Gasteiger partial charge in [-0.25, -0.2) is 0 Å². The topological polar surface area (TPSA) is 76.7 Å². The number of anilines is 1. The zero-order valence-corrected chi connectivity index (χ0v) is 18.2. The first kappa shape index (κ1) is 23.0. The number of carbonyl (C=O) groups is 2. The first-order valence-electron chi connectivity index (χ1n) is 9.96. The fourth-order valence-corrected chi connectivity index (χ4v) is 2.77. The molecular formula is C24H30N2O4. The molecule has 0 aliphatic rings. The van der Waals surface area contributed by atoms with Crippen LogP contribution in [0.15, 0.2) is 42.5 Å². The summed E-state index contributed by atoms with van der Waals surface area (Å²) >= 11 is 0. The third-order valence-corrected chi connectivity index (χ3v) is 4.34. The molecule has 0 bridgehead atoms. The summed E-state index contributed by atoms with van der Waals surface area (Å²) in [7, 11) is 1.56. The Morgan fingerprint density at radius 2 is 1.87 bits per heavy atom. The van der Waals surface area contributed by atoms with Crippen molar-refractivity contribution in [2.24, 2.45) is 5.92 Å². The summed E-state index contributed by atoms with van der Waals surface area (Å²) in [5, 5.41) is 5.70. The molecule has 160 valence electrons. The molecule has 0 aliphatic heterocycles. The van der Waals surface area contributed by atoms with Gasteiger partial charge in [-0.2, -0.15) is 0 Å². The molecule has 6 heteroatoms. The predicted molar refractivity (Wildman–Crippen MR) is 120 cm³/mol. The number of methoxy groups -OCH3 is 1. The fraction of sp³-hybridized carbons (Fsp3) is 0.333. The molecule has 0 aromatic heterocycles. The number of rotatable bonds is 9. The second-order valence-corrected chi connectivity index (χ2v) is 7.38. The van der Waals surface area contributed by atoms with E-state index in [9.17, 15) is 9.59 Å². The first-order valence-corrected chi connectivity index (χ1v) is 9.96. The van der Waals surface area contributed by atoms with Crippen molar-refractivity contribution in [1.82, 2.24) is 5.32 Å². The Morgan fingerprint density at radius 1 is 1.10 bits per heavy atom. The van der Waals surface area contributed by atoms with E-state index < -0.39 is 0 Å². The van der Waals surface area contributed by atoms with E-state index in [1.807, 2.05) is 52.0 Å². The number of amides is 2. The molecular weight excluding hydrogens is 380 g/mol. The lowest BCUT2D eigenvalue weighted by Crippen LogP contribution is -2.27. The molecule has 2 N–H and O–H groups in total. The highest BCUT2D eigenvalue weighted by Gasteiger charge is 2.12. The maximum absolute atomic E-state index is 12.3. The van der Waals surface area contributed by atoms with Gasteiger partial charge in [0.1, 0.15) is 0 Å². The first-order chi connectivity index (χ1) is 14.3. The Hall–Kier alpha value is -3.28. The molecule has 0 saturated heterocycles. The molecule has 2 aromatic rings. The minimum Gasteiger partial charge on any atom is -0.493 e. The molecule has 2 aromatic carbocycles. The highest BCUT2D eigenvalue weighted by Crippen LogP contribution is 2.28. The van der Waals surface area contributed by atoms with E-state index in [0.717, 1.165) is 11.1 Å². The van der Waals surface area contributed by atoms with Gasteiger partial charge in [-0.05, 0) is 61.2 Å². The van der Waals surface area contributed by atoms with Gasteiger partial charge in [-0.3, -0.25) is 9.59 Å². The largest absolute Gasteiger partial charge is 0.493 e. The molecule has 0 spiro atoms. The lowest BCUT2D eigenvalue weighted by molar-refractivity contribution is -0.118. The summed E-state index contributed by atoms with van der Waals surface area (Å²) in [6.07, 6.45) is 3.89. The Balaban J connectivity index is 1.97. The average Bonchev–Trinajstić information content (AvgIpc) is 2.72. The number of hydrogen-bond acceptors (Lipinski definition) is 4. The smallest absolute Gasteiger partial charge is 0.262 e. The molecule has 30 heavy (non-hydrogen) atoms. The van der Waals surface area contributed by atoms with Crippen LogP contribution in [0.5, 0.6) is 11.5 Å². The predicted octanol–water partition coefficient (Wildman–Crippen LogP) is 4.44. The number of allylic oxidation sites excluding steroid dienone is 1. The van der Waals surface area contributed by atoms with Crippen molar-refractivity contribution in [2.75, 3.05) is 25.6 Å². The van der Waals surface area contributed by atoms with E-state index in [0.29, 0.717) is 35.2 Å². The van der Waals surface area contributed by atoms with Gasteiger partial charge in [0.05, 0.1) is 7.11 Å². The number of carbonyl (C=O) groups excluding carboxylic acids is 2. The van der Waals surface area contributed by atoms with E-state index in [1.54, 1.807) is 31.4 Å². The lowest BCUT2D eigenvalue weighted by atomic mass is 10.1. The fourth-order valence-electron chi connectivity index (χ4n) is 2.77. The molecule has 0 saturated carbocycles. The quantitative estimate of drug-likeness (QED) is 0.641. The normalized spacial score (nSPS) is 10.9. The van der Waals surface area contributed by atoms with E-state index >= 15 is 0 Å². The van der Waals surface area contributed by atoms with Gasteiger partial charge >= 0.3 is 0 Å². The summed E-state index contributed by atoms with van der Waals surface area (Å²) in [6.45, 7) is 8.33. The van der Waals surface area contributed by atoms with Gasteiger partial charge in [-0.15, -0.1) is 0 Å². The summed E-state index contributed by atoms with van der Waals surface area (Å²) in [4.78, 5) is 24.5. The molecule has 2 amide bonds. The summed E-state index contributed by atoms with van der Waals surface area (Å²) in [5.74, 6) is 1.02. The van der Waals surface area contributed by atoms with Gasteiger partial charge in [0.15, 0.2) is 18.1 Å². The van der Waals surface area contributed by atoms with Crippen LogP contribution in [0.2, 0.25) is 0 Å². The Morgan fingerprint density at radius 3 is 2.50 bits per heavy atom. The number of ether oxygens (including phenoxy) is 2. The van der Waals surface area contributed by atoms with Crippen molar-refractivity contribution in [3.8, 4) is 11.5 Å². The maximum atomic E-state index is 12.3. The van der Waals surface area contributed by atoms with Crippen LogP contribution in [0.4, 0.5) is 5.69 Å². The molecule has 0 radical (unpaired) electrons. The van der Waals surface area contributed by atoms with Crippen LogP contribution in [0.1, 0.15) is 42.3 Å². The monoisotopic (exact) mass is 410 g/mol. The summed E-state index contributed by atoms with van der Waals surface area (Å²) < 4.78 is 11.0. The minimum atomic E-state index is -0.297. The van der Waals surface area contributed by atoms with Gasteiger partial charge < -0.3 is 20.1 Å². The highest BCUT2D eigenvalue weighted by molar-refractivity contribution is 5.96. The number of aryl methyl sites for hydroxylation is 1. The standard InChI is InChI=1S/C24H30N2O4/c1-6-7-18-8-11-21(22(13-18)29-5)30-15-23(27)26-20-10-9-19(12-17(20)4)24(28)25-14-16(2)3/h6-13,16H,14-15H2,1-5H3,(H,25,28)(H,26,27)/b7-6+. The zero-order chi connectivity index (χ0) is 22.1. The molecule has 0 heterocycles. The Labute approximate surface area is 178 Å². The third-order valence-electron chi connectivity index (χ3n) is 4.34. The van der Waals surface area contributed by atoms with Crippen molar-refractivity contribution >= 4 is 23.6 Å². The average molecular weight is 411 g/mol. The summed E-state index contributed by atoms with van der Waals surface area (Å²) in [6, 6.07) is 10.7. The second kappa shape index (κ2) is 11.0. The van der Waals surface area contributed by atoms with Crippen LogP contribution in [0.3, 0.4) is 0 Å².